The highest BCUT2D eigenvalue weighted by atomic mass is 16.5. The maximum absolute atomic E-state index is 12.4. The maximum Gasteiger partial charge on any atom is 0.253 e. The number of pyridine rings is 2. The summed E-state index contributed by atoms with van der Waals surface area (Å²) in [5.41, 5.74) is 2.80. The van der Waals surface area contributed by atoms with Crippen molar-refractivity contribution in [3.8, 4) is 5.75 Å². The molecule has 3 rings (SSSR count). The first kappa shape index (κ1) is 17.4. The molecule has 0 unspecified atom stereocenters. The number of para-hydroxylation sites is 2. The minimum atomic E-state index is -0.204. The van der Waals surface area contributed by atoms with E-state index in [1.807, 2.05) is 49.4 Å². The Morgan fingerprint density at radius 3 is 2.77 bits per heavy atom. The van der Waals surface area contributed by atoms with Crippen LogP contribution in [0.3, 0.4) is 0 Å². The highest BCUT2D eigenvalue weighted by Gasteiger charge is 2.09. The lowest BCUT2D eigenvalue weighted by Gasteiger charge is -2.12. The number of ether oxygens (including phenoxy) is 1. The number of carbonyl (C=O) groups excluding carboxylic acids is 1. The monoisotopic (exact) mass is 348 g/mol. The van der Waals surface area contributed by atoms with Crippen molar-refractivity contribution in [3.05, 3.63) is 78.4 Å². The van der Waals surface area contributed by atoms with Crippen LogP contribution in [0.25, 0.3) is 0 Å². The van der Waals surface area contributed by atoms with Crippen LogP contribution in [-0.2, 0) is 6.54 Å². The van der Waals surface area contributed by atoms with Crippen LogP contribution < -0.4 is 15.4 Å². The topological polar surface area (TPSA) is 76.1 Å². The lowest BCUT2D eigenvalue weighted by Crippen LogP contribution is -2.23. The summed E-state index contributed by atoms with van der Waals surface area (Å²) in [4.78, 5) is 20.7. The fourth-order valence-corrected chi connectivity index (χ4v) is 2.41. The Morgan fingerprint density at radius 2 is 1.96 bits per heavy atom. The molecule has 2 heterocycles. The molecule has 0 atom stereocenters. The molecule has 132 valence electrons. The standard InChI is InChI=1S/C20H20N4O2/c1-2-26-19-9-4-3-8-18(19)24-17-11-15(12-21-13-17)20(25)23-14-16-7-5-6-10-22-16/h3-13,24H,2,14H2,1H3,(H,23,25). The molecule has 1 aromatic carbocycles. The number of amides is 1. The zero-order valence-electron chi connectivity index (χ0n) is 14.5. The molecule has 0 aliphatic heterocycles. The van der Waals surface area contributed by atoms with Crippen molar-refractivity contribution in [2.24, 2.45) is 0 Å². The summed E-state index contributed by atoms with van der Waals surface area (Å²) in [7, 11) is 0. The van der Waals surface area contributed by atoms with Crippen molar-refractivity contribution in [1.29, 1.82) is 0 Å². The molecule has 0 bridgehead atoms. The Balaban J connectivity index is 1.69. The van der Waals surface area contributed by atoms with Gasteiger partial charge >= 0.3 is 0 Å². The average molecular weight is 348 g/mol. The second-order valence-electron chi connectivity index (χ2n) is 5.52. The maximum atomic E-state index is 12.4. The Morgan fingerprint density at radius 1 is 1.12 bits per heavy atom. The molecule has 6 heteroatoms. The number of hydrogen-bond donors (Lipinski definition) is 2. The van der Waals surface area contributed by atoms with E-state index in [-0.39, 0.29) is 5.91 Å². The molecule has 0 fully saturated rings. The molecular formula is C20H20N4O2. The molecule has 26 heavy (non-hydrogen) atoms. The molecule has 2 N–H and O–H groups in total. The van der Waals surface area contributed by atoms with E-state index in [2.05, 4.69) is 20.6 Å². The fraction of sp³-hybridized carbons (Fsp3) is 0.150. The lowest BCUT2D eigenvalue weighted by atomic mass is 10.2. The number of nitrogens with one attached hydrogen (secondary N) is 2. The summed E-state index contributed by atoms with van der Waals surface area (Å²) in [5, 5.41) is 6.09. The second kappa shape index (κ2) is 8.62. The van der Waals surface area contributed by atoms with Gasteiger partial charge in [0.05, 0.1) is 42.0 Å². The lowest BCUT2D eigenvalue weighted by molar-refractivity contribution is 0.0950. The first-order valence-corrected chi connectivity index (χ1v) is 8.38. The van der Waals surface area contributed by atoms with Gasteiger partial charge in [-0.25, -0.2) is 0 Å². The predicted molar refractivity (Wildman–Crippen MR) is 101 cm³/mol. The van der Waals surface area contributed by atoms with Crippen molar-refractivity contribution < 1.29 is 9.53 Å². The minimum absolute atomic E-state index is 0.204. The number of hydrogen-bond acceptors (Lipinski definition) is 5. The first-order chi connectivity index (χ1) is 12.8. The highest BCUT2D eigenvalue weighted by Crippen LogP contribution is 2.27. The van der Waals surface area contributed by atoms with E-state index < -0.39 is 0 Å². The van der Waals surface area contributed by atoms with Crippen molar-refractivity contribution in [3.63, 3.8) is 0 Å². The summed E-state index contributed by atoms with van der Waals surface area (Å²) >= 11 is 0. The molecule has 0 radical (unpaired) electrons. The van der Waals surface area contributed by atoms with Gasteiger partial charge in [0.25, 0.3) is 5.91 Å². The van der Waals surface area contributed by atoms with Crippen molar-refractivity contribution >= 4 is 17.3 Å². The van der Waals surface area contributed by atoms with E-state index in [9.17, 15) is 4.79 Å². The zero-order valence-corrected chi connectivity index (χ0v) is 14.5. The Labute approximate surface area is 152 Å². The summed E-state index contributed by atoms with van der Waals surface area (Å²) in [6, 6.07) is 15.0. The van der Waals surface area contributed by atoms with Gasteiger partial charge in [-0.05, 0) is 37.3 Å². The number of nitrogens with zero attached hydrogens (tertiary/aromatic N) is 2. The van der Waals surface area contributed by atoms with E-state index >= 15 is 0 Å². The van der Waals surface area contributed by atoms with E-state index in [1.54, 1.807) is 18.5 Å². The van der Waals surface area contributed by atoms with E-state index in [0.29, 0.717) is 24.4 Å². The highest BCUT2D eigenvalue weighted by molar-refractivity contribution is 5.94. The van der Waals surface area contributed by atoms with Crippen LogP contribution in [-0.4, -0.2) is 22.5 Å². The quantitative estimate of drug-likeness (QED) is 0.683. The molecule has 6 nitrogen and oxygen atoms in total. The Kier molecular flexibility index (Phi) is 5.77. The molecule has 0 saturated heterocycles. The van der Waals surface area contributed by atoms with Gasteiger partial charge in [-0.2, -0.15) is 0 Å². The molecule has 3 aromatic rings. The predicted octanol–water partition coefficient (Wildman–Crippen LogP) is 3.55. The summed E-state index contributed by atoms with van der Waals surface area (Å²) in [5.74, 6) is 0.546. The molecule has 2 aromatic heterocycles. The Hall–Kier alpha value is -3.41. The third kappa shape index (κ3) is 4.57. The number of aromatic nitrogens is 2. The van der Waals surface area contributed by atoms with Gasteiger partial charge in [-0.1, -0.05) is 18.2 Å². The van der Waals surface area contributed by atoms with Crippen molar-refractivity contribution in [2.45, 2.75) is 13.5 Å². The van der Waals surface area contributed by atoms with Crippen LogP contribution in [0.15, 0.2) is 67.1 Å². The number of carbonyl (C=O) groups is 1. The summed E-state index contributed by atoms with van der Waals surface area (Å²) in [6.45, 7) is 2.88. The Bertz CT molecular complexity index is 868. The molecule has 0 aliphatic carbocycles. The van der Waals surface area contributed by atoms with E-state index in [1.165, 1.54) is 6.20 Å². The van der Waals surface area contributed by atoms with Gasteiger partial charge in [-0.3, -0.25) is 14.8 Å². The molecule has 0 spiro atoms. The zero-order chi connectivity index (χ0) is 18.2. The second-order valence-corrected chi connectivity index (χ2v) is 5.52. The number of anilines is 2. The largest absolute Gasteiger partial charge is 0.492 e. The fourth-order valence-electron chi connectivity index (χ4n) is 2.41. The van der Waals surface area contributed by atoms with Crippen LogP contribution in [0.1, 0.15) is 23.0 Å². The van der Waals surface area contributed by atoms with E-state index in [0.717, 1.165) is 17.1 Å². The van der Waals surface area contributed by atoms with Gasteiger partial charge in [0.1, 0.15) is 5.75 Å². The third-order valence-corrected chi connectivity index (χ3v) is 3.62. The first-order valence-electron chi connectivity index (χ1n) is 8.38. The number of benzene rings is 1. The molecule has 1 amide bonds. The molecular weight excluding hydrogens is 328 g/mol. The third-order valence-electron chi connectivity index (χ3n) is 3.62. The average Bonchev–Trinajstić information content (AvgIpc) is 2.69. The summed E-state index contributed by atoms with van der Waals surface area (Å²) in [6.07, 6.45) is 4.90. The van der Waals surface area contributed by atoms with Crippen molar-refractivity contribution in [2.75, 3.05) is 11.9 Å². The summed E-state index contributed by atoms with van der Waals surface area (Å²) < 4.78 is 5.61. The van der Waals surface area contributed by atoms with Gasteiger partial charge in [0, 0.05) is 12.4 Å². The van der Waals surface area contributed by atoms with Gasteiger partial charge in [0.15, 0.2) is 0 Å². The molecule has 0 saturated carbocycles. The van der Waals surface area contributed by atoms with E-state index in [4.69, 9.17) is 4.74 Å². The van der Waals surface area contributed by atoms with Gasteiger partial charge in [-0.15, -0.1) is 0 Å². The van der Waals surface area contributed by atoms with Crippen LogP contribution >= 0.6 is 0 Å². The van der Waals surface area contributed by atoms with Crippen molar-refractivity contribution in [1.82, 2.24) is 15.3 Å². The van der Waals surface area contributed by atoms with Gasteiger partial charge in [0.2, 0.25) is 0 Å². The SMILES string of the molecule is CCOc1ccccc1Nc1cncc(C(=O)NCc2ccccn2)c1. The normalized spacial score (nSPS) is 10.2. The van der Waals surface area contributed by atoms with Crippen LogP contribution in [0.5, 0.6) is 5.75 Å². The van der Waals surface area contributed by atoms with Crippen LogP contribution in [0, 0.1) is 0 Å². The van der Waals surface area contributed by atoms with Crippen LogP contribution in [0.2, 0.25) is 0 Å². The molecule has 0 aliphatic rings. The van der Waals surface area contributed by atoms with Crippen LogP contribution in [0.4, 0.5) is 11.4 Å². The minimum Gasteiger partial charge on any atom is -0.492 e. The smallest absolute Gasteiger partial charge is 0.253 e. The number of rotatable bonds is 7. The van der Waals surface area contributed by atoms with Gasteiger partial charge < -0.3 is 15.4 Å².